The fraction of sp³-hybridized carbons (Fsp3) is 0.154. The van der Waals surface area contributed by atoms with Crippen LogP contribution in [0.5, 0.6) is 0 Å². The Labute approximate surface area is 113 Å². The predicted molar refractivity (Wildman–Crippen MR) is 75.0 cm³/mol. The van der Waals surface area contributed by atoms with Crippen molar-refractivity contribution in [3.05, 3.63) is 52.8 Å². The number of aryl methyl sites for hydroxylation is 1. The minimum atomic E-state index is -1.16. The average Bonchev–Trinajstić information content (AvgIpc) is 2.35. The summed E-state index contributed by atoms with van der Waals surface area (Å²) in [6.07, 6.45) is 3.20. The Balaban J connectivity index is 2.28. The van der Waals surface area contributed by atoms with Gasteiger partial charge in [-0.05, 0) is 36.2 Å². The summed E-state index contributed by atoms with van der Waals surface area (Å²) in [4.78, 5) is 4.66. The zero-order chi connectivity index (χ0) is 13.1. The number of pyridine rings is 1. The van der Waals surface area contributed by atoms with Crippen LogP contribution in [-0.4, -0.2) is 9.19 Å². The van der Waals surface area contributed by atoms with Crippen molar-refractivity contribution in [1.82, 2.24) is 4.98 Å². The smallest absolute Gasteiger partial charge is 0.0630 e. The maximum Gasteiger partial charge on any atom is 0.0630 e. The van der Waals surface area contributed by atoms with Crippen LogP contribution >= 0.6 is 11.6 Å². The van der Waals surface area contributed by atoms with Crippen molar-refractivity contribution >= 4 is 28.1 Å². The molecule has 0 saturated carbocycles. The van der Waals surface area contributed by atoms with Crippen molar-refractivity contribution < 1.29 is 4.21 Å². The molecule has 1 atom stereocenters. The summed E-state index contributed by atoms with van der Waals surface area (Å²) >= 11 is 6.01. The summed E-state index contributed by atoms with van der Waals surface area (Å²) in [5.41, 5.74) is 8.12. The van der Waals surface area contributed by atoms with E-state index < -0.39 is 10.8 Å². The largest absolute Gasteiger partial charge is 0.399 e. The van der Waals surface area contributed by atoms with E-state index in [1.807, 2.05) is 13.0 Å². The Morgan fingerprint density at radius 1 is 1.39 bits per heavy atom. The highest BCUT2D eigenvalue weighted by atomic mass is 35.5. The van der Waals surface area contributed by atoms with E-state index in [0.29, 0.717) is 16.5 Å². The standard InChI is InChI=1S/C13H13ClN2OS/c1-9-2-3-11(15)6-13(9)18(17)8-10-4-5-16-7-12(10)14/h2-7H,8,15H2,1H3. The lowest BCUT2D eigenvalue weighted by Crippen LogP contribution is -2.01. The van der Waals surface area contributed by atoms with Gasteiger partial charge < -0.3 is 5.73 Å². The van der Waals surface area contributed by atoms with E-state index in [2.05, 4.69) is 4.98 Å². The molecule has 0 aliphatic carbocycles. The van der Waals surface area contributed by atoms with Gasteiger partial charge in [0.15, 0.2) is 0 Å². The second-order valence-electron chi connectivity index (χ2n) is 3.98. The molecule has 1 aromatic heterocycles. The van der Waals surface area contributed by atoms with Crippen LogP contribution in [0.15, 0.2) is 41.6 Å². The molecule has 0 fully saturated rings. The summed E-state index contributed by atoms with van der Waals surface area (Å²) in [5, 5.41) is 0.535. The molecular weight excluding hydrogens is 268 g/mol. The SMILES string of the molecule is Cc1ccc(N)cc1S(=O)Cc1ccncc1Cl. The highest BCUT2D eigenvalue weighted by molar-refractivity contribution is 7.84. The van der Waals surface area contributed by atoms with Gasteiger partial charge >= 0.3 is 0 Å². The van der Waals surface area contributed by atoms with E-state index in [1.54, 1.807) is 30.6 Å². The lowest BCUT2D eigenvalue weighted by Gasteiger charge is -2.08. The highest BCUT2D eigenvalue weighted by Gasteiger charge is 2.10. The van der Waals surface area contributed by atoms with Crippen LogP contribution < -0.4 is 5.73 Å². The molecule has 0 radical (unpaired) electrons. The first kappa shape index (κ1) is 13.1. The predicted octanol–water partition coefficient (Wildman–Crippen LogP) is 2.93. The molecule has 1 unspecified atom stereocenters. The van der Waals surface area contributed by atoms with E-state index in [9.17, 15) is 4.21 Å². The first-order valence-electron chi connectivity index (χ1n) is 5.41. The number of anilines is 1. The van der Waals surface area contributed by atoms with Gasteiger partial charge in [0.05, 0.1) is 21.6 Å². The molecule has 3 nitrogen and oxygen atoms in total. The van der Waals surface area contributed by atoms with Gasteiger partial charge in [0, 0.05) is 23.0 Å². The van der Waals surface area contributed by atoms with Crippen molar-refractivity contribution in [2.24, 2.45) is 0 Å². The monoisotopic (exact) mass is 280 g/mol. The number of benzene rings is 1. The molecule has 0 bridgehead atoms. The molecule has 0 aliphatic rings. The van der Waals surface area contributed by atoms with Crippen LogP contribution in [0.3, 0.4) is 0 Å². The summed E-state index contributed by atoms with van der Waals surface area (Å²) in [6, 6.07) is 7.20. The second-order valence-corrected chi connectivity index (χ2v) is 5.81. The van der Waals surface area contributed by atoms with Gasteiger partial charge in [-0.15, -0.1) is 0 Å². The molecule has 0 aliphatic heterocycles. The summed E-state index contributed by atoms with van der Waals surface area (Å²) in [5.74, 6) is 0.367. The second kappa shape index (κ2) is 5.50. The van der Waals surface area contributed by atoms with Gasteiger partial charge in [-0.2, -0.15) is 0 Å². The van der Waals surface area contributed by atoms with Crippen LogP contribution in [0.1, 0.15) is 11.1 Å². The molecule has 1 aromatic carbocycles. The molecular formula is C13H13ClN2OS. The Hall–Kier alpha value is -1.39. The van der Waals surface area contributed by atoms with Gasteiger partial charge in [-0.1, -0.05) is 17.7 Å². The van der Waals surface area contributed by atoms with Crippen LogP contribution in [0.4, 0.5) is 5.69 Å². The summed E-state index contributed by atoms with van der Waals surface area (Å²) < 4.78 is 12.3. The van der Waals surface area contributed by atoms with Gasteiger partial charge in [0.2, 0.25) is 0 Å². The molecule has 2 aromatic rings. The molecule has 0 spiro atoms. The maximum absolute atomic E-state index is 12.3. The van der Waals surface area contributed by atoms with Crippen LogP contribution in [0, 0.1) is 6.92 Å². The Bertz CT molecular complexity index is 601. The fourth-order valence-corrected chi connectivity index (χ4v) is 3.25. The lowest BCUT2D eigenvalue weighted by atomic mass is 10.2. The van der Waals surface area contributed by atoms with E-state index in [0.717, 1.165) is 16.0 Å². The number of nitrogen functional groups attached to an aromatic ring is 1. The lowest BCUT2D eigenvalue weighted by molar-refractivity contribution is 0.682. The minimum absolute atomic E-state index is 0.367. The summed E-state index contributed by atoms with van der Waals surface area (Å²) in [6.45, 7) is 1.92. The number of nitrogens with two attached hydrogens (primary N) is 1. The minimum Gasteiger partial charge on any atom is -0.399 e. The summed E-state index contributed by atoms with van der Waals surface area (Å²) in [7, 11) is -1.16. The van der Waals surface area contributed by atoms with Crippen molar-refractivity contribution in [3.63, 3.8) is 0 Å². The number of nitrogens with zero attached hydrogens (tertiary/aromatic N) is 1. The fourth-order valence-electron chi connectivity index (χ4n) is 1.60. The van der Waals surface area contributed by atoms with Crippen LogP contribution in [0.2, 0.25) is 5.02 Å². The average molecular weight is 281 g/mol. The van der Waals surface area contributed by atoms with Gasteiger partial charge in [0.25, 0.3) is 0 Å². The zero-order valence-corrected chi connectivity index (χ0v) is 11.5. The highest BCUT2D eigenvalue weighted by Crippen LogP contribution is 2.22. The van der Waals surface area contributed by atoms with E-state index in [-0.39, 0.29) is 0 Å². The Morgan fingerprint density at radius 2 is 2.17 bits per heavy atom. The van der Waals surface area contributed by atoms with Gasteiger partial charge in [-0.3, -0.25) is 9.19 Å². The first-order chi connectivity index (χ1) is 8.58. The third kappa shape index (κ3) is 2.89. The molecule has 0 saturated heterocycles. The molecule has 18 heavy (non-hydrogen) atoms. The van der Waals surface area contributed by atoms with Crippen LogP contribution in [0.25, 0.3) is 0 Å². The number of halogens is 1. The quantitative estimate of drug-likeness (QED) is 0.880. The Morgan fingerprint density at radius 3 is 2.89 bits per heavy atom. The zero-order valence-electron chi connectivity index (χ0n) is 9.89. The van der Waals surface area contributed by atoms with Gasteiger partial charge in [0.1, 0.15) is 0 Å². The van der Waals surface area contributed by atoms with Crippen molar-refractivity contribution in [2.45, 2.75) is 17.6 Å². The topological polar surface area (TPSA) is 56.0 Å². The molecule has 94 valence electrons. The molecule has 2 rings (SSSR count). The third-order valence-corrected chi connectivity index (χ3v) is 4.44. The molecule has 5 heteroatoms. The molecule has 2 N–H and O–H groups in total. The number of hydrogen-bond acceptors (Lipinski definition) is 3. The van der Waals surface area contributed by atoms with E-state index in [4.69, 9.17) is 17.3 Å². The number of hydrogen-bond donors (Lipinski definition) is 1. The van der Waals surface area contributed by atoms with Crippen LogP contribution in [-0.2, 0) is 16.6 Å². The molecule has 1 heterocycles. The first-order valence-corrected chi connectivity index (χ1v) is 7.10. The normalized spacial score (nSPS) is 12.3. The van der Waals surface area contributed by atoms with E-state index in [1.165, 1.54) is 0 Å². The number of aromatic nitrogens is 1. The maximum atomic E-state index is 12.3. The van der Waals surface area contributed by atoms with Crippen molar-refractivity contribution in [1.29, 1.82) is 0 Å². The number of rotatable bonds is 3. The van der Waals surface area contributed by atoms with Crippen molar-refractivity contribution in [3.8, 4) is 0 Å². The van der Waals surface area contributed by atoms with Crippen molar-refractivity contribution in [2.75, 3.05) is 5.73 Å². The van der Waals surface area contributed by atoms with Gasteiger partial charge in [-0.25, -0.2) is 0 Å². The molecule has 0 amide bonds. The van der Waals surface area contributed by atoms with E-state index >= 15 is 0 Å². The third-order valence-electron chi connectivity index (χ3n) is 2.60. The Kier molecular flexibility index (Phi) is 3.99.